The minimum Gasteiger partial charge on any atom is -0.493 e. The van der Waals surface area contributed by atoms with Crippen LogP contribution in [0.5, 0.6) is 11.5 Å². The van der Waals surface area contributed by atoms with Crippen molar-refractivity contribution in [3.63, 3.8) is 0 Å². The maximum Gasteiger partial charge on any atom is 0.262 e. The first-order valence-electron chi connectivity index (χ1n) is 8.63. The molecule has 2 N–H and O–H groups in total. The molecule has 3 aromatic carbocycles. The van der Waals surface area contributed by atoms with Gasteiger partial charge in [0.15, 0.2) is 18.1 Å². The van der Waals surface area contributed by atoms with Crippen molar-refractivity contribution in [3.8, 4) is 11.5 Å². The van der Waals surface area contributed by atoms with Crippen molar-refractivity contribution < 1.29 is 14.3 Å². The van der Waals surface area contributed by atoms with E-state index in [1.54, 1.807) is 19.2 Å². The first-order valence-corrected chi connectivity index (χ1v) is 8.63. The molecule has 0 aliphatic heterocycles. The van der Waals surface area contributed by atoms with Gasteiger partial charge in [-0.1, -0.05) is 24.3 Å². The van der Waals surface area contributed by atoms with Crippen molar-refractivity contribution in [3.05, 3.63) is 78.4 Å². The fraction of sp³-hybridized carbons (Fsp3) is 0.136. The second-order valence-corrected chi connectivity index (χ2v) is 6.06. The normalized spacial score (nSPS) is 10.1. The Labute approximate surface area is 158 Å². The SMILES string of the molecule is COc1ccccc1OCC(=O)Nc1ccc(Nc2cccc(C)c2)cc1. The highest BCUT2D eigenvalue weighted by atomic mass is 16.5. The summed E-state index contributed by atoms with van der Waals surface area (Å²) in [7, 11) is 1.56. The molecule has 0 saturated carbocycles. The van der Waals surface area contributed by atoms with Crippen LogP contribution in [0.25, 0.3) is 0 Å². The third-order valence-corrected chi connectivity index (χ3v) is 3.90. The molecular weight excluding hydrogens is 340 g/mol. The van der Waals surface area contributed by atoms with Crippen molar-refractivity contribution >= 4 is 23.0 Å². The molecule has 0 aliphatic carbocycles. The number of nitrogens with one attached hydrogen (secondary N) is 2. The van der Waals surface area contributed by atoms with Gasteiger partial charge in [0.05, 0.1) is 7.11 Å². The Kier molecular flexibility index (Phi) is 5.94. The van der Waals surface area contributed by atoms with Gasteiger partial charge in [-0.3, -0.25) is 4.79 Å². The summed E-state index contributed by atoms with van der Waals surface area (Å²) in [6, 6.07) is 22.9. The highest BCUT2D eigenvalue weighted by Gasteiger charge is 2.07. The fourth-order valence-electron chi connectivity index (χ4n) is 2.60. The van der Waals surface area contributed by atoms with Gasteiger partial charge in [-0.05, 0) is 61.0 Å². The molecule has 3 aromatic rings. The van der Waals surface area contributed by atoms with Crippen molar-refractivity contribution in [2.75, 3.05) is 24.4 Å². The minimum atomic E-state index is -0.236. The summed E-state index contributed by atoms with van der Waals surface area (Å²) >= 11 is 0. The number of aryl methyl sites for hydroxylation is 1. The molecule has 3 rings (SSSR count). The first kappa shape index (κ1) is 18.3. The molecule has 1 amide bonds. The highest BCUT2D eigenvalue weighted by molar-refractivity contribution is 5.92. The standard InChI is InChI=1S/C22H22N2O3/c1-16-6-5-7-19(14-16)23-17-10-12-18(13-11-17)24-22(25)15-27-21-9-4-3-8-20(21)26-2/h3-14,23H,15H2,1-2H3,(H,24,25). The van der Waals surface area contributed by atoms with Gasteiger partial charge >= 0.3 is 0 Å². The van der Waals surface area contributed by atoms with E-state index in [9.17, 15) is 4.79 Å². The molecule has 27 heavy (non-hydrogen) atoms. The van der Waals surface area contributed by atoms with Crippen molar-refractivity contribution in [1.82, 2.24) is 0 Å². The average molecular weight is 362 g/mol. The number of amides is 1. The largest absolute Gasteiger partial charge is 0.493 e. The fourth-order valence-corrected chi connectivity index (χ4v) is 2.60. The van der Waals surface area contributed by atoms with Crippen LogP contribution in [0.15, 0.2) is 72.8 Å². The molecule has 0 saturated heterocycles. The van der Waals surface area contributed by atoms with E-state index < -0.39 is 0 Å². The quantitative estimate of drug-likeness (QED) is 0.636. The second kappa shape index (κ2) is 8.76. The number of rotatable bonds is 7. The summed E-state index contributed by atoms with van der Waals surface area (Å²) in [5.74, 6) is 0.894. The number of benzene rings is 3. The predicted molar refractivity (Wildman–Crippen MR) is 108 cm³/mol. The van der Waals surface area contributed by atoms with Gasteiger partial charge in [-0.15, -0.1) is 0 Å². The average Bonchev–Trinajstić information content (AvgIpc) is 2.68. The molecule has 0 bridgehead atoms. The van der Waals surface area contributed by atoms with Crippen LogP contribution in [0.4, 0.5) is 17.1 Å². The van der Waals surface area contributed by atoms with Crippen molar-refractivity contribution in [1.29, 1.82) is 0 Å². The maximum atomic E-state index is 12.1. The molecule has 0 atom stereocenters. The second-order valence-electron chi connectivity index (χ2n) is 6.06. The van der Waals surface area contributed by atoms with Crippen LogP contribution in [0.1, 0.15) is 5.56 Å². The number of para-hydroxylation sites is 2. The van der Waals surface area contributed by atoms with Gasteiger partial charge in [0.2, 0.25) is 0 Å². The third-order valence-electron chi connectivity index (χ3n) is 3.90. The summed E-state index contributed by atoms with van der Waals surface area (Å²) in [6.07, 6.45) is 0. The number of hydrogen-bond acceptors (Lipinski definition) is 4. The Hall–Kier alpha value is -3.47. The van der Waals surface area contributed by atoms with E-state index in [-0.39, 0.29) is 12.5 Å². The van der Waals surface area contributed by atoms with Crippen molar-refractivity contribution in [2.24, 2.45) is 0 Å². The van der Waals surface area contributed by atoms with Crippen molar-refractivity contribution in [2.45, 2.75) is 6.92 Å². The van der Waals surface area contributed by atoms with E-state index in [0.717, 1.165) is 11.4 Å². The molecule has 0 heterocycles. The predicted octanol–water partition coefficient (Wildman–Crippen LogP) is 4.76. The zero-order chi connectivity index (χ0) is 19.1. The maximum absolute atomic E-state index is 12.1. The zero-order valence-corrected chi connectivity index (χ0v) is 15.4. The summed E-state index contributed by atoms with van der Waals surface area (Å²) in [4.78, 5) is 12.1. The topological polar surface area (TPSA) is 59.6 Å². The number of hydrogen-bond donors (Lipinski definition) is 2. The van der Waals surface area contributed by atoms with Crippen LogP contribution in [0.3, 0.4) is 0 Å². The van der Waals surface area contributed by atoms with Crippen LogP contribution in [-0.2, 0) is 4.79 Å². The van der Waals surface area contributed by atoms with Gasteiger partial charge in [0.25, 0.3) is 5.91 Å². The molecule has 138 valence electrons. The molecule has 0 radical (unpaired) electrons. The van der Waals surface area contributed by atoms with E-state index in [4.69, 9.17) is 9.47 Å². The Balaban J connectivity index is 1.54. The smallest absolute Gasteiger partial charge is 0.262 e. The number of carbonyl (C=O) groups excluding carboxylic acids is 1. The molecule has 0 fully saturated rings. The number of ether oxygens (including phenoxy) is 2. The third kappa shape index (κ3) is 5.25. The summed E-state index contributed by atoms with van der Waals surface area (Å²) < 4.78 is 10.7. The van der Waals surface area contributed by atoms with Crippen LogP contribution >= 0.6 is 0 Å². The van der Waals surface area contributed by atoms with Gasteiger partial charge in [0.1, 0.15) is 0 Å². The molecule has 0 aromatic heterocycles. The monoisotopic (exact) mass is 362 g/mol. The summed E-state index contributed by atoms with van der Waals surface area (Å²) in [5, 5.41) is 6.15. The number of methoxy groups -OCH3 is 1. The Bertz CT molecular complexity index is 907. The molecule has 5 heteroatoms. The molecule has 0 spiro atoms. The van der Waals surface area contributed by atoms with E-state index >= 15 is 0 Å². The van der Waals surface area contributed by atoms with Gasteiger partial charge < -0.3 is 20.1 Å². The Morgan fingerprint density at radius 1 is 0.852 bits per heavy atom. The first-order chi connectivity index (χ1) is 13.1. The van der Waals surface area contributed by atoms with E-state index in [2.05, 4.69) is 29.7 Å². The highest BCUT2D eigenvalue weighted by Crippen LogP contribution is 2.25. The Morgan fingerprint density at radius 3 is 2.26 bits per heavy atom. The molecular formula is C22H22N2O3. The number of carbonyl (C=O) groups is 1. The van der Waals surface area contributed by atoms with Crippen LogP contribution in [-0.4, -0.2) is 19.6 Å². The lowest BCUT2D eigenvalue weighted by Crippen LogP contribution is -2.20. The van der Waals surface area contributed by atoms with E-state index in [1.165, 1.54) is 5.56 Å². The Morgan fingerprint density at radius 2 is 1.56 bits per heavy atom. The lowest BCUT2D eigenvalue weighted by Gasteiger charge is -2.11. The van der Waals surface area contributed by atoms with Gasteiger partial charge in [-0.25, -0.2) is 0 Å². The minimum absolute atomic E-state index is 0.0936. The zero-order valence-electron chi connectivity index (χ0n) is 15.4. The lowest BCUT2D eigenvalue weighted by molar-refractivity contribution is -0.118. The summed E-state index contributed by atoms with van der Waals surface area (Å²) in [5.41, 5.74) is 3.87. The van der Waals surface area contributed by atoms with E-state index in [1.807, 2.05) is 48.5 Å². The van der Waals surface area contributed by atoms with Crippen LogP contribution < -0.4 is 20.1 Å². The molecule has 0 unspecified atom stereocenters. The molecule has 0 aliphatic rings. The summed E-state index contributed by atoms with van der Waals surface area (Å²) in [6.45, 7) is 1.96. The van der Waals surface area contributed by atoms with E-state index in [0.29, 0.717) is 17.2 Å². The number of anilines is 3. The van der Waals surface area contributed by atoms with Crippen LogP contribution in [0.2, 0.25) is 0 Å². The molecule has 5 nitrogen and oxygen atoms in total. The van der Waals surface area contributed by atoms with Crippen LogP contribution in [0, 0.1) is 6.92 Å². The lowest BCUT2D eigenvalue weighted by atomic mass is 10.2. The van der Waals surface area contributed by atoms with Gasteiger partial charge in [-0.2, -0.15) is 0 Å². The van der Waals surface area contributed by atoms with Gasteiger partial charge in [0, 0.05) is 17.1 Å².